The van der Waals surface area contributed by atoms with Gasteiger partial charge in [-0.15, -0.1) is 0 Å². The summed E-state index contributed by atoms with van der Waals surface area (Å²) in [5.74, 6) is 0. The third kappa shape index (κ3) is 4.91. The molecule has 1 atom stereocenters. The number of pyridine rings is 1. The minimum atomic E-state index is -0.342. The van der Waals surface area contributed by atoms with Crippen LogP contribution in [0.25, 0.3) is 0 Å². The third-order valence-corrected chi connectivity index (χ3v) is 4.48. The quantitative estimate of drug-likeness (QED) is 0.900. The molecule has 1 aromatic rings. The summed E-state index contributed by atoms with van der Waals surface area (Å²) in [6.07, 6.45) is 1.83. The predicted molar refractivity (Wildman–Crippen MR) is 90.3 cm³/mol. The lowest BCUT2D eigenvalue weighted by Crippen LogP contribution is -2.53. The van der Waals surface area contributed by atoms with E-state index in [0.717, 1.165) is 31.9 Å². The van der Waals surface area contributed by atoms with E-state index in [9.17, 15) is 4.79 Å². The monoisotopic (exact) mass is 320 g/mol. The number of ether oxygens (including phenoxy) is 1. The summed E-state index contributed by atoms with van der Waals surface area (Å²) >= 11 is 0. The highest BCUT2D eigenvalue weighted by Gasteiger charge is 2.26. The highest BCUT2D eigenvalue weighted by molar-refractivity contribution is 5.74. The second-order valence-corrected chi connectivity index (χ2v) is 6.58. The van der Waals surface area contributed by atoms with Crippen LogP contribution in [0.15, 0.2) is 24.4 Å². The van der Waals surface area contributed by atoms with Crippen molar-refractivity contribution in [2.24, 2.45) is 0 Å². The molecule has 0 unspecified atom stereocenters. The summed E-state index contributed by atoms with van der Waals surface area (Å²) in [5.41, 5.74) is 0.734. The van der Waals surface area contributed by atoms with Gasteiger partial charge in [0.15, 0.2) is 0 Å². The SMILES string of the molecule is COC(C)(C)CNC(=O)N1CCN([C@H](C)c2ccccn2)CC1. The number of piperazine rings is 1. The van der Waals surface area contributed by atoms with Crippen LogP contribution in [-0.2, 0) is 4.74 Å². The fraction of sp³-hybridized carbons (Fsp3) is 0.647. The predicted octanol–water partition coefficient (Wildman–Crippen LogP) is 1.89. The van der Waals surface area contributed by atoms with Gasteiger partial charge in [-0.2, -0.15) is 0 Å². The number of aromatic nitrogens is 1. The van der Waals surface area contributed by atoms with Gasteiger partial charge in [0.25, 0.3) is 0 Å². The topological polar surface area (TPSA) is 57.7 Å². The van der Waals surface area contributed by atoms with Crippen LogP contribution in [0, 0.1) is 0 Å². The summed E-state index contributed by atoms with van der Waals surface area (Å²) in [6.45, 7) is 9.77. The Morgan fingerprint density at radius 2 is 2.04 bits per heavy atom. The van der Waals surface area contributed by atoms with Crippen molar-refractivity contribution in [3.05, 3.63) is 30.1 Å². The molecule has 2 rings (SSSR count). The van der Waals surface area contributed by atoms with Crippen molar-refractivity contribution in [2.45, 2.75) is 32.4 Å². The maximum Gasteiger partial charge on any atom is 0.317 e. The number of nitrogens with zero attached hydrogens (tertiary/aromatic N) is 3. The van der Waals surface area contributed by atoms with E-state index in [2.05, 4.69) is 28.2 Å². The van der Waals surface area contributed by atoms with Crippen molar-refractivity contribution in [1.29, 1.82) is 0 Å². The second-order valence-electron chi connectivity index (χ2n) is 6.58. The van der Waals surface area contributed by atoms with Gasteiger partial charge in [0.2, 0.25) is 0 Å². The Balaban J connectivity index is 1.80. The lowest BCUT2D eigenvalue weighted by atomic mass is 10.1. The Bertz CT molecular complexity index is 499. The van der Waals surface area contributed by atoms with Crippen LogP contribution in [0.3, 0.4) is 0 Å². The fourth-order valence-electron chi connectivity index (χ4n) is 2.59. The van der Waals surface area contributed by atoms with Crippen molar-refractivity contribution in [3.63, 3.8) is 0 Å². The molecule has 128 valence electrons. The number of urea groups is 1. The largest absolute Gasteiger partial charge is 0.377 e. The molecule has 1 aliphatic rings. The van der Waals surface area contributed by atoms with Crippen LogP contribution in [0.5, 0.6) is 0 Å². The van der Waals surface area contributed by atoms with E-state index in [1.165, 1.54) is 0 Å². The second kappa shape index (κ2) is 7.75. The summed E-state index contributed by atoms with van der Waals surface area (Å²) < 4.78 is 5.32. The van der Waals surface area contributed by atoms with Gasteiger partial charge in [-0.3, -0.25) is 9.88 Å². The normalized spacial score (nSPS) is 17.8. The number of nitrogens with one attached hydrogen (secondary N) is 1. The smallest absolute Gasteiger partial charge is 0.317 e. The summed E-state index contributed by atoms with van der Waals surface area (Å²) in [7, 11) is 1.66. The first kappa shape index (κ1) is 17.7. The molecule has 0 aliphatic carbocycles. The molecule has 1 aromatic heterocycles. The molecule has 0 bridgehead atoms. The van der Waals surface area contributed by atoms with Crippen molar-refractivity contribution in [1.82, 2.24) is 20.1 Å². The molecule has 0 aromatic carbocycles. The molecule has 23 heavy (non-hydrogen) atoms. The number of hydrogen-bond donors (Lipinski definition) is 1. The van der Waals surface area contributed by atoms with E-state index in [1.54, 1.807) is 7.11 Å². The number of rotatable bonds is 5. The standard InChI is InChI=1S/C17H28N4O2/c1-14(15-7-5-6-8-18-15)20-9-11-21(12-10-20)16(22)19-13-17(2,3)23-4/h5-8,14H,9-13H2,1-4H3,(H,19,22)/t14-/m1/s1. The first-order valence-corrected chi connectivity index (χ1v) is 8.16. The van der Waals surface area contributed by atoms with Crippen molar-refractivity contribution < 1.29 is 9.53 Å². The van der Waals surface area contributed by atoms with Gasteiger partial charge in [0.1, 0.15) is 0 Å². The fourth-order valence-corrected chi connectivity index (χ4v) is 2.59. The van der Waals surface area contributed by atoms with E-state index in [1.807, 2.05) is 37.1 Å². The summed E-state index contributed by atoms with van der Waals surface area (Å²) in [5, 5.41) is 2.95. The molecule has 0 spiro atoms. The van der Waals surface area contributed by atoms with Crippen LogP contribution in [0.1, 0.15) is 32.5 Å². The van der Waals surface area contributed by atoms with Gasteiger partial charge in [-0.05, 0) is 32.9 Å². The molecule has 1 saturated heterocycles. The third-order valence-electron chi connectivity index (χ3n) is 4.48. The first-order chi connectivity index (χ1) is 10.9. The van der Waals surface area contributed by atoms with Crippen molar-refractivity contribution in [3.8, 4) is 0 Å². The highest BCUT2D eigenvalue weighted by Crippen LogP contribution is 2.19. The molecule has 1 fully saturated rings. The van der Waals surface area contributed by atoms with Crippen LogP contribution < -0.4 is 5.32 Å². The molecular formula is C17H28N4O2. The Labute approximate surface area is 138 Å². The van der Waals surface area contributed by atoms with Crippen LogP contribution in [-0.4, -0.2) is 66.2 Å². The number of carbonyl (C=O) groups excluding carboxylic acids is 1. The minimum Gasteiger partial charge on any atom is -0.377 e. The lowest BCUT2D eigenvalue weighted by molar-refractivity contribution is 0.0235. The van der Waals surface area contributed by atoms with Gasteiger partial charge in [0, 0.05) is 52.1 Å². The molecule has 1 aliphatic heterocycles. The molecule has 6 nitrogen and oxygen atoms in total. The lowest BCUT2D eigenvalue weighted by Gasteiger charge is -2.38. The van der Waals surface area contributed by atoms with Crippen LogP contribution in [0.2, 0.25) is 0 Å². The zero-order valence-corrected chi connectivity index (χ0v) is 14.6. The highest BCUT2D eigenvalue weighted by atomic mass is 16.5. The maximum atomic E-state index is 12.2. The summed E-state index contributed by atoms with van der Waals surface area (Å²) in [6, 6.07) is 6.26. The number of methoxy groups -OCH3 is 1. The van der Waals surface area contributed by atoms with E-state index in [4.69, 9.17) is 4.74 Å². The average Bonchev–Trinajstić information content (AvgIpc) is 2.60. The number of carbonyl (C=O) groups is 1. The van der Waals surface area contributed by atoms with Crippen molar-refractivity contribution in [2.75, 3.05) is 39.8 Å². The Morgan fingerprint density at radius 3 is 2.61 bits per heavy atom. The molecule has 2 heterocycles. The molecule has 0 radical (unpaired) electrons. The molecular weight excluding hydrogens is 292 g/mol. The van der Waals surface area contributed by atoms with E-state index < -0.39 is 0 Å². The van der Waals surface area contributed by atoms with Crippen molar-refractivity contribution >= 4 is 6.03 Å². The zero-order valence-electron chi connectivity index (χ0n) is 14.6. The molecule has 1 N–H and O–H groups in total. The minimum absolute atomic E-state index is 0.0136. The van der Waals surface area contributed by atoms with Gasteiger partial charge in [0.05, 0.1) is 11.3 Å². The van der Waals surface area contributed by atoms with Crippen LogP contribution >= 0.6 is 0 Å². The van der Waals surface area contributed by atoms with Crippen LogP contribution in [0.4, 0.5) is 4.79 Å². The van der Waals surface area contributed by atoms with E-state index in [0.29, 0.717) is 6.54 Å². The Morgan fingerprint density at radius 1 is 1.35 bits per heavy atom. The van der Waals surface area contributed by atoms with Gasteiger partial charge in [-0.1, -0.05) is 6.07 Å². The molecule has 6 heteroatoms. The first-order valence-electron chi connectivity index (χ1n) is 8.16. The number of hydrogen-bond acceptors (Lipinski definition) is 4. The van der Waals surface area contributed by atoms with E-state index in [-0.39, 0.29) is 17.7 Å². The van der Waals surface area contributed by atoms with Gasteiger partial charge < -0.3 is 15.0 Å². The summed E-state index contributed by atoms with van der Waals surface area (Å²) in [4.78, 5) is 20.9. The average molecular weight is 320 g/mol. The molecule has 2 amide bonds. The van der Waals surface area contributed by atoms with E-state index >= 15 is 0 Å². The Hall–Kier alpha value is -1.66. The Kier molecular flexibility index (Phi) is 5.96. The number of amides is 2. The van der Waals surface area contributed by atoms with Gasteiger partial charge >= 0.3 is 6.03 Å². The maximum absolute atomic E-state index is 12.2. The zero-order chi connectivity index (χ0) is 16.9. The van der Waals surface area contributed by atoms with Gasteiger partial charge in [-0.25, -0.2) is 4.79 Å². The molecule has 0 saturated carbocycles.